The zero-order valence-electron chi connectivity index (χ0n) is 13.2. The number of benzene rings is 1. The predicted molar refractivity (Wildman–Crippen MR) is 89.5 cm³/mol. The first kappa shape index (κ1) is 16.1. The smallest absolute Gasteiger partial charge is 0.216 e. The molecule has 1 atom stereocenters. The quantitative estimate of drug-likeness (QED) is 0.930. The van der Waals surface area contributed by atoms with Crippen molar-refractivity contribution in [2.75, 3.05) is 18.0 Å². The van der Waals surface area contributed by atoms with Crippen LogP contribution in [0.1, 0.15) is 20.3 Å². The summed E-state index contributed by atoms with van der Waals surface area (Å²) in [4.78, 5) is 6.08. The van der Waals surface area contributed by atoms with E-state index < -0.39 is 15.3 Å². The van der Waals surface area contributed by atoms with Crippen molar-refractivity contribution >= 4 is 26.6 Å². The molecule has 1 N–H and O–H groups in total. The van der Waals surface area contributed by atoms with Crippen molar-refractivity contribution in [3.63, 3.8) is 0 Å². The van der Waals surface area contributed by atoms with Crippen molar-refractivity contribution in [3.05, 3.63) is 36.3 Å². The number of nitrogens with one attached hydrogen (secondary N) is 1. The molecule has 2 heterocycles. The normalized spacial score (nSPS) is 19.0. The predicted octanol–water partition coefficient (Wildman–Crippen LogP) is 2.28. The van der Waals surface area contributed by atoms with E-state index in [-0.39, 0.29) is 11.9 Å². The maximum atomic E-state index is 13.9. The lowest BCUT2D eigenvalue weighted by atomic mass is 10.1. The molecule has 1 aliphatic heterocycles. The number of halogens is 1. The molecule has 1 fully saturated rings. The van der Waals surface area contributed by atoms with Crippen LogP contribution in [-0.2, 0) is 10.0 Å². The van der Waals surface area contributed by atoms with Gasteiger partial charge in [0.05, 0.1) is 5.25 Å². The zero-order valence-corrected chi connectivity index (χ0v) is 14.0. The Labute approximate surface area is 135 Å². The minimum atomic E-state index is -3.34. The summed E-state index contributed by atoms with van der Waals surface area (Å²) < 4.78 is 41.2. The van der Waals surface area contributed by atoms with Crippen LogP contribution in [0, 0.1) is 5.82 Å². The molecular formula is C16H20FN3O2S. The van der Waals surface area contributed by atoms with Gasteiger partial charge in [0.15, 0.2) is 0 Å². The van der Waals surface area contributed by atoms with Crippen LogP contribution >= 0.6 is 0 Å². The second-order valence-electron chi connectivity index (χ2n) is 6.14. The highest BCUT2D eigenvalue weighted by Crippen LogP contribution is 2.30. The van der Waals surface area contributed by atoms with E-state index in [1.807, 2.05) is 30.9 Å². The van der Waals surface area contributed by atoms with E-state index in [0.717, 1.165) is 5.69 Å². The summed E-state index contributed by atoms with van der Waals surface area (Å²) >= 11 is 0. The second-order valence-corrected chi connectivity index (χ2v) is 8.13. The van der Waals surface area contributed by atoms with Gasteiger partial charge in [0.25, 0.3) is 0 Å². The van der Waals surface area contributed by atoms with Gasteiger partial charge in [-0.1, -0.05) is 12.1 Å². The number of pyridine rings is 1. The number of para-hydroxylation sites is 1. The molecule has 1 aromatic carbocycles. The summed E-state index contributed by atoms with van der Waals surface area (Å²) in [6, 6.07) is 6.53. The van der Waals surface area contributed by atoms with Crippen LogP contribution in [0.4, 0.5) is 10.1 Å². The Morgan fingerprint density at radius 1 is 1.35 bits per heavy atom. The number of rotatable bonds is 4. The van der Waals surface area contributed by atoms with Crippen LogP contribution in [0.3, 0.4) is 0 Å². The molecule has 0 spiro atoms. The molecule has 1 aliphatic rings. The van der Waals surface area contributed by atoms with E-state index in [1.54, 1.807) is 12.3 Å². The molecule has 1 aromatic heterocycles. The maximum Gasteiger partial charge on any atom is 0.216 e. The van der Waals surface area contributed by atoms with Gasteiger partial charge in [-0.05, 0) is 32.4 Å². The van der Waals surface area contributed by atoms with Gasteiger partial charge in [0.2, 0.25) is 10.0 Å². The van der Waals surface area contributed by atoms with Gasteiger partial charge < -0.3 is 4.90 Å². The van der Waals surface area contributed by atoms with Crippen LogP contribution in [-0.4, -0.2) is 37.8 Å². The fraction of sp³-hybridized carbons (Fsp3) is 0.438. The minimum absolute atomic E-state index is 0.120. The molecule has 0 aliphatic carbocycles. The van der Waals surface area contributed by atoms with Gasteiger partial charge in [-0.3, -0.25) is 4.98 Å². The Hall–Kier alpha value is -1.73. The van der Waals surface area contributed by atoms with Crippen molar-refractivity contribution in [1.82, 2.24) is 9.71 Å². The molecule has 23 heavy (non-hydrogen) atoms. The van der Waals surface area contributed by atoms with Gasteiger partial charge in [-0.25, -0.2) is 17.5 Å². The van der Waals surface area contributed by atoms with Gasteiger partial charge >= 0.3 is 0 Å². The Morgan fingerprint density at radius 2 is 2.13 bits per heavy atom. The monoisotopic (exact) mass is 337 g/mol. The third-order valence-electron chi connectivity index (χ3n) is 4.02. The number of nitrogens with zero attached hydrogens (tertiary/aromatic N) is 2. The molecule has 7 heteroatoms. The number of anilines is 1. The van der Waals surface area contributed by atoms with Crippen molar-refractivity contribution in [3.8, 4) is 0 Å². The standard InChI is InChI=1S/C16H20FN3O2S/c1-11(2)19-23(21,22)12-7-9-20(10-12)15-6-8-18-16-13(15)4-3-5-14(16)17/h3-6,8,11-12,19H,7,9-10H2,1-2H3/t12-/m0/s1. The first-order valence-electron chi connectivity index (χ1n) is 7.68. The lowest BCUT2D eigenvalue weighted by molar-refractivity contribution is 0.557. The van der Waals surface area contributed by atoms with Gasteiger partial charge in [-0.2, -0.15) is 0 Å². The van der Waals surface area contributed by atoms with E-state index in [1.165, 1.54) is 6.07 Å². The number of hydrogen-bond donors (Lipinski definition) is 1. The highest BCUT2D eigenvalue weighted by atomic mass is 32.2. The number of aromatic nitrogens is 1. The average Bonchev–Trinajstić information content (AvgIpc) is 2.96. The average molecular weight is 337 g/mol. The third kappa shape index (κ3) is 3.16. The Bertz CT molecular complexity index is 823. The lowest BCUT2D eigenvalue weighted by Gasteiger charge is -2.21. The first-order chi connectivity index (χ1) is 10.9. The number of sulfonamides is 1. The van der Waals surface area contributed by atoms with E-state index in [0.29, 0.717) is 30.4 Å². The minimum Gasteiger partial charge on any atom is -0.370 e. The summed E-state index contributed by atoms with van der Waals surface area (Å²) in [5, 5.41) is 0.254. The molecule has 0 saturated carbocycles. The molecule has 124 valence electrons. The van der Waals surface area contributed by atoms with E-state index in [9.17, 15) is 12.8 Å². The topological polar surface area (TPSA) is 62.3 Å². The Kier molecular flexibility index (Phi) is 4.25. The van der Waals surface area contributed by atoms with Crippen LogP contribution in [0.5, 0.6) is 0 Å². The SMILES string of the molecule is CC(C)NS(=O)(=O)[C@H]1CCN(c2ccnc3c(F)cccc23)C1. The molecular weight excluding hydrogens is 317 g/mol. The molecule has 1 saturated heterocycles. The summed E-state index contributed by atoms with van der Waals surface area (Å²) in [7, 11) is -3.34. The number of fused-ring (bicyclic) bond motifs is 1. The molecule has 3 rings (SSSR count). The summed E-state index contributed by atoms with van der Waals surface area (Å²) in [5.74, 6) is -0.366. The first-order valence-corrected chi connectivity index (χ1v) is 9.22. The van der Waals surface area contributed by atoms with E-state index in [4.69, 9.17) is 0 Å². The highest BCUT2D eigenvalue weighted by molar-refractivity contribution is 7.90. The van der Waals surface area contributed by atoms with Gasteiger partial charge in [-0.15, -0.1) is 0 Å². The maximum absolute atomic E-state index is 13.9. The van der Waals surface area contributed by atoms with Crippen LogP contribution in [0.2, 0.25) is 0 Å². The molecule has 2 aromatic rings. The molecule has 5 nitrogen and oxygen atoms in total. The Morgan fingerprint density at radius 3 is 2.87 bits per heavy atom. The van der Waals surface area contributed by atoms with Crippen molar-refractivity contribution in [1.29, 1.82) is 0 Å². The molecule has 0 amide bonds. The molecule has 0 unspecified atom stereocenters. The number of hydrogen-bond acceptors (Lipinski definition) is 4. The molecule has 0 radical (unpaired) electrons. The van der Waals surface area contributed by atoms with Crippen LogP contribution in [0.15, 0.2) is 30.5 Å². The largest absolute Gasteiger partial charge is 0.370 e. The highest BCUT2D eigenvalue weighted by Gasteiger charge is 2.34. The van der Waals surface area contributed by atoms with Gasteiger partial charge in [0, 0.05) is 36.4 Å². The fourth-order valence-electron chi connectivity index (χ4n) is 3.03. The second kappa shape index (κ2) is 6.05. The third-order valence-corrected chi connectivity index (χ3v) is 6.09. The van der Waals surface area contributed by atoms with Crippen molar-refractivity contribution < 1.29 is 12.8 Å². The Balaban J connectivity index is 1.89. The van der Waals surface area contributed by atoms with E-state index in [2.05, 4.69) is 9.71 Å². The van der Waals surface area contributed by atoms with Crippen LogP contribution < -0.4 is 9.62 Å². The summed E-state index contributed by atoms with van der Waals surface area (Å²) in [5.41, 5.74) is 1.15. The zero-order chi connectivity index (χ0) is 16.6. The summed E-state index contributed by atoms with van der Waals surface area (Å²) in [6.45, 7) is 4.64. The van der Waals surface area contributed by atoms with E-state index >= 15 is 0 Å². The lowest BCUT2D eigenvalue weighted by Crippen LogP contribution is -2.39. The summed E-state index contributed by atoms with van der Waals surface area (Å²) in [6.07, 6.45) is 2.12. The van der Waals surface area contributed by atoms with Crippen molar-refractivity contribution in [2.24, 2.45) is 0 Å². The van der Waals surface area contributed by atoms with Crippen LogP contribution in [0.25, 0.3) is 10.9 Å². The van der Waals surface area contributed by atoms with Gasteiger partial charge in [0.1, 0.15) is 11.3 Å². The van der Waals surface area contributed by atoms with Crippen molar-refractivity contribution in [2.45, 2.75) is 31.6 Å². The molecule has 0 bridgehead atoms. The fourth-order valence-corrected chi connectivity index (χ4v) is 4.67.